The molecule has 0 unspecified atom stereocenters. The number of rotatable bonds is 6. The van der Waals surface area contributed by atoms with Crippen molar-refractivity contribution in [3.8, 4) is 33.4 Å². The van der Waals surface area contributed by atoms with Gasteiger partial charge >= 0.3 is 0 Å². The third-order valence-corrected chi connectivity index (χ3v) is 11.6. The molecule has 0 N–H and O–H groups in total. The van der Waals surface area contributed by atoms with E-state index in [2.05, 4.69) is 229 Å². The van der Waals surface area contributed by atoms with E-state index in [0.29, 0.717) is 0 Å². The summed E-state index contributed by atoms with van der Waals surface area (Å²) in [7, 11) is 0. The smallest absolute Gasteiger partial charge is 0.0462 e. The summed E-state index contributed by atoms with van der Waals surface area (Å²) < 4.78 is 0. The van der Waals surface area contributed by atoms with Gasteiger partial charge in [-0.25, -0.2) is 0 Å². The van der Waals surface area contributed by atoms with Gasteiger partial charge in [0, 0.05) is 17.1 Å². The fourth-order valence-electron chi connectivity index (χ4n) is 8.79. The first-order valence-corrected chi connectivity index (χ1v) is 19.7. The van der Waals surface area contributed by atoms with Crippen LogP contribution in [0, 0.1) is 0 Å². The first kappa shape index (κ1) is 32.9. The van der Waals surface area contributed by atoms with Crippen LogP contribution in [-0.2, 0) is 0 Å². The van der Waals surface area contributed by atoms with E-state index in [9.17, 15) is 0 Å². The summed E-state index contributed by atoms with van der Waals surface area (Å²) in [4.78, 5) is 2.37. The highest BCUT2D eigenvalue weighted by Gasteiger charge is 2.16. The number of hydrogen-bond donors (Lipinski definition) is 0. The molecule has 0 aromatic heterocycles. The molecule has 57 heavy (non-hydrogen) atoms. The lowest BCUT2D eigenvalue weighted by atomic mass is 9.93. The largest absolute Gasteiger partial charge is 0.311 e. The average Bonchev–Trinajstić information content (AvgIpc) is 3.29. The predicted molar refractivity (Wildman–Crippen MR) is 245 cm³/mol. The summed E-state index contributed by atoms with van der Waals surface area (Å²) in [5, 5.41) is 12.7. The molecule has 0 radical (unpaired) electrons. The van der Waals surface area contributed by atoms with Crippen molar-refractivity contribution in [1.82, 2.24) is 0 Å². The van der Waals surface area contributed by atoms with Crippen LogP contribution in [0.1, 0.15) is 0 Å². The van der Waals surface area contributed by atoms with Crippen LogP contribution in [0.5, 0.6) is 0 Å². The van der Waals surface area contributed by atoms with Gasteiger partial charge in [-0.05, 0) is 142 Å². The molecule has 11 rings (SSSR count). The predicted octanol–water partition coefficient (Wildman–Crippen LogP) is 15.9. The molecule has 0 fully saturated rings. The molecule has 0 atom stereocenters. The van der Waals surface area contributed by atoms with Gasteiger partial charge in [0.05, 0.1) is 0 Å². The van der Waals surface area contributed by atoms with Crippen LogP contribution in [0.4, 0.5) is 17.1 Å². The van der Waals surface area contributed by atoms with Gasteiger partial charge in [-0.1, -0.05) is 170 Å². The summed E-state index contributed by atoms with van der Waals surface area (Å²) in [5.41, 5.74) is 10.6. The SMILES string of the molecule is c1ccc2cc(-c3ccc(N(c4ccc(-c5cc6ccccc6c6ccccc56)cc4)c4ccc(-c5cc6ccccc6c6ccccc56)cc4)cc3)ccc2c1. The van der Waals surface area contributed by atoms with Crippen LogP contribution < -0.4 is 4.90 Å². The highest BCUT2D eigenvalue weighted by Crippen LogP contribution is 2.41. The van der Waals surface area contributed by atoms with Crippen molar-refractivity contribution < 1.29 is 0 Å². The molecular formula is C56H37N. The molecule has 0 aliphatic heterocycles. The van der Waals surface area contributed by atoms with Gasteiger partial charge in [-0.2, -0.15) is 0 Å². The normalized spacial score (nSPS) is 11.5. The van der Waals surface area contributed by atoms with E-state index < -0.39 is 0 Å². The molecule has 266 valence electrons. The lowest BCUT2D eigenvalue weighted by Gasteiger charge is -2.26. The van der Waals surface area contributed by atoms with E-state index in [1.54, 1.807) is 0 Å². The Morgan fingerprint density at radius 1 is 0.211 bits per heavy atom. The van der Waals surface area contributed by atoms with Gasteiger partial charge in [-0.3, -0.25) is 0 Å². The molecule has 0 spiro atoms. The standard InChI is InChI=1S/C56H37N/c1-2-12-42-35-43(22-21-38(42)11-1)39-23-29-46(30-24-39)57(47-31-25-40(26-32-47)55-36-44-13-3-5-15-49(44)51-17-7-9-19-53(51)55)48-33-27-41(28-34-48)56-37-45-14-4-6-16-50(45)52-18-8-10-20-54(52)56/h1-37H. The number of fused-ring (bicyclic) bond motifs is 7. The second-order valence-electron chi connectivity index (χ2n) is 14.9. The van der Waals surface area contributed by atoms with Crippen LogP contribution in [0.15, 0.2) is 224 Å². The van der Waals surface area contributed by atoms with Crippen molar-refractivity contribution in [2.45, 2.75) is 0 Å². The molecule has 1 nitrogen and oxygen atoms in total. The molecule has 0 bridgehead atoms. The Bertz CT molecular complexity index is 3100. The fourth-order valence-corrected chi connectivity index (χ4v) is 8.79. The third kappa shape index (κ3) is 5.80. The maximum absolute atomic E-state index is 2.37. The zero-order valence-electron chi connectivity index (χ0n) is 31.3. The van der Waals surface area contributed by atoms with Gasteiger partial charge in [0.1, 0.15) is 0 Å². The molecular weight excluding hydrogens is 687 g/mol. The number of anilines is 3. The van der Waals surface area contributed by atoms with Crippen molar-refractivity contribution in [1.29, 1.82) is 0 Å². The summed E-state index contributed by atoms with van der Waals surface area (Å²) in [6.45, 7) is 0. The van der Waals surface area contributed by atoms with E-state index in [-0.39, 0.29) is 0 Å². The molecule has 1 heteroatoms. The molecule has 11 aromatic carbocycles. The van der Waals surface area contributed by atoms with E-state index >= 15 is 0 Å². The van der Waals surface area contributed by atoms with Crippen LogP contribution in [-0.4, -0.2) is 0 Å². The minimum Gasteiger partial charge on any atom is -0.311 e. The van der Waals surface area contributed by atoms with Crippen molar-refractivity contribution in [3.05, 3.63) is 224 Å². The molecule has 0 aliphatic rings. The molecule has 11 aromatic rings. The highest BCUT2D eigenvalue weighted by atomic mass is 15.1. The number of nitrogens with zero attached hydrogens (tertiary/aromatic N) is 1. The summed E-state index contributed by atoms with van der Waals surface area (Å²) >= 11 is 0. The summed E-state index contributed by atoms with van der Waals surface area (Å²) in [6, 6.07) is 82.0. The first-order valence-electron chi connectivity index (χ1n) is 19.7. The van der Waals surface area contributed by atoms with Crippen molar-refractivity contribution in [2.24, 2.45) is 0 Å². The zero-order valence-corrected chi connectivity index (χ0v) is 31.3. The van der Waals surface area contributed by atoms with Crippen LogP contribution in [0.25, 0.3) is 87.2 Å². The summed E-state index contributed by atoms with van der Waals surface area (Å²) in [6.07, 6.45) is 0. The second-order valence-corrected chi connectivity index (χ2v) is 14.9. The minimum absolute atomic E-state index is 1.10. The van der Waals surface area contributed by atoms with Crippen molar-refractivity contribution in [2.75, 3.05) is 4.90 Å². The van der Waals surface area contributed by atoms with E-state index in [4.69, 9.17) is 0 Å². The van der Waals surface area contributed by atoms with Crippen molar-refractivity contribution in [3.63, 3.8) is 0 Å². The molecule has 0 heterocycles. The Labute approximate surface area is 332 Å². The Morgan fingerprint density at radius 3 is 1.04 bits per heavy atom. The molecule has 0 saturated heterocycles. The quantitative estimate of drug-likeness (QED) is 0.154. The monoisotopic (exact) mass is 723 g/mol. The first-order chi connectivity index (χ1) is 28.2. The maximum Gasteiger partial charge on any atom is 0.0462 e. The van der Waals surface area contributed by atoms with Crippen LogP contribution in [0.2, 0.25) is 0 Å². The van der Waals surface area contributed by atoms with Crippen molar-refractivity contribution >= 4 is 70.9 Å². The average molecular weight is 724 g/mol. The lowest BCUT2D eigenvalue weighted by Crippen LogP contribution is -2.09. The van der Waals surface area contributed by atoms with E-state index in [1.165, 1.54) is 87.2 Å². The minimum atomic E-state index is 1.10. The Morgan fingerprint density at radius 2 is 0.561 bits per heavy atom. The van der Waals surface area contributed by atoms with Gasteiger partial charge in [0.15, 0.2) is 0 Å². The van der Waals surface area contributed by atoms with E-state index in [0.717, 1.165) is 17.1 Å². The lowest BCUT2D eigenvalue weighted by molar-refractivity contribution is 1.28. The Hall–Kier alpha value is -7.48. The number of hydrogen-bond acceptors (Lipinski definition) is 1. The van der Waals surface area contributed by atoms with Crippen LogP contribution in [0.3, 0.4) is 0 Å². The topological polar surface area (TPSA) is 3.24 Å². The zero-order chi connectivity index (χ0) is 37.7. The number of benzene rings is 11. The fraction of sp³-hybridized carbons (Fsp3) is 0. The third-order valence-electron chi connectivity index (χ3n) is 11.6. The van der Waals surface area contributed by atoms with Gasteiger partial charge in [-0.15, -0.1) is 0 Å². The molecule has 0 aliphatic carbocycles. The maximum atomic E-state index is 2.37. The molecule has 0 saturated carbocycles. The van der Waals surface area contributed by atoms with E-state index in [1.807, 2.05) is 0 Å². The van der Waals surface area contributed by atoms with Gasteiger partial charge in [0.2, 0.25) is 0 Å². The Balaban J connectivity index is 1.02. The Kier molecular flexibility index (Phi) is 7.89. The summed E-state index contributed by atoms with van der Waals surface area (Å²) in [5.74, 6) is 0. The van der Waals surface area contributed by atoms with Gasteiger partial charge < -0.3 is 4.90 Å². The van der Waals surface area contributed by atoms with Crippen LogP contribution >= 0.6 is 0 Å². The second kappa shape index (κ2) is 13.7. The molecule has 0 amide bonds. The highest BCUT2D eigenvalue weighted by molar-refractivity contribution is 6.15. The van der Waals surface area contributed by atoms with Gasteiger partial charge in [0.25, 0.3) is 0 Å².